The van der Waals surface area contributed by atoms with Crippen LogP contribution in [-0.4, -0.2) is 28.0 Å². The van der Waals surface area contributed by atoms with Gasteiger partial charge in [0.15, 0.2) is 0 Å². The van der Waals surface area contributed by atoms with E-state index in [1.54, 1.807) is 6.92 Å². The van der Waals surface area contributed by atoms with Gasteiger partial charge in [-0.1, -0.05) is 16.8 Å². The van der Waals surface area contributed by atoms with Crippen LogP contribution in [0.3, 0.4) is 0 Å². The first kappa shape index (κ1) is 12.4. The number of halogens is 1. The van der Waals surface area contributed by atoms with Gasteiger partial charge in [0.2, 0.25) is 5.76 Å². The second kappa shape index (κ2) is 4.69. The molecule has 0 radical (unpaired) electrons. The molecule has 0 spiro atoms. The lowest BCUT2D eigenvalue weighted by molar-refractivity contribution is 0.0469. The molecule has 2 rings (SSSR count). The van der Waals surface area contributed by atoms with E-state index in [1.165, 1.54) is 0 Å². The van der Waals surface area contributed by atoms with Crippen LogP contribution < -0.4 is 0 Å². The molecule has 0 saturated carbocycles. The standard InChI is InChI=1S/C12H17ClN2O2/c1-7-5-4-6-8(2)15(7)12(16)11-10(13)9(3)14-17-11/h7-8H,4-6H2,1-3H3. The molecule has 1 fully saturated rings. The molecule has 2 unspecified atom stereocenters. The Balaban J connectivity index is 2.27. The fourth-order valence-electron chi connectivity index (χ4n) is 2.43. The molecule has 1 aliphatic heterocycles. The number of likely N-dealkylation sites (tertiary alicyclic amines) is 1. The van der Waals surface area contributed by atoms with E-state index >= 15 is 0 Å². The van der Waals surface area contributed by atoms with Crippen LogP contribution in [0, 0.1) is 6.92 Å². The number of piperidine rings is 1. The number of nitrogens with zero attached hydrogens (tertiary/aromatic N) is 2. The van der Waals surface area contributed by atoms with Gasteiger partial charge in [-0.3, -0.25) is 4.79 Å². The molecular weight excluding hydrogens is 240 g/mol. The molecule has 0 N–H and O–H groups in total. The van der Waals surface area contributed by atoms with Crippen LogP contribution in [0.2, 0.25) is 5.02 Å². The highest BCUT2D eigenvalue weighted by Crippen LogP contribution is 2.28. The summed E-state index contributed by atoms with van der Waals surface area (Å²) in [5, 5.41) is 4.06. The Morgan fingerprint density at radius 2 is 2.00 bits per heavy atom. The Labute approximate surface area is 106 Å². The van der Waals surface area contributed by atoms with Crippen molar-refractivity contribution >= 4 is 17.5 Å². The Bertz CT molecular complexity index is 420. The molecule has 1 aromatic heterocycles. The van der Waals surface area contributed by atoms with Crippen LogP contribution >= 0.6 is 11.6 Å². The fraction of sp³-hybridized carbons (Fsp3) is 0.667. The van der Waals surface area contributed by atoms with Crippen molar-refractivity contribution in [1.82, 2.24) is 10.1 Å². The highest BCUT2D eigenvalue weighted by atomic mass is 35.5. The number of amides is 1. The highest BCUT2D eigenvalue weighted by molar-refractivity contribution is 6.33. The van der Waals surface area contributed by atoms with Crippen LogP contribution in [0.25, 0.3) is 0 Å². The summed E-state index contributed by atoms with van der Waals surface area (Å²) >= 11 is 6.01. The maximum Gasteiger partial charge on any atom is 0.294 e. The summed E-state index contributed by atoms with van der Waals surface area (Å²) in [6, 6.07) is 0.459. The van der Waals surface area contributed by atoms with Gasteiger partial charge in [0.1, 0.15) is 5.02 Å². The molecule has 5 heteroatoms. The number of aryl methyl sites for hydroxylation is 1. The Hall–Kier alpha value is -1.03. The molecule has 4 nitrogen and oxygen atoms in total. The number of rotatable bonds is 1. The molecule has 0 aliphatic carbocycles. The van der Waals surface area contributed by atoms with Crippen molar-refractivity contribution in [2.24, 2.45) is 0 Å². The van der Waals surface area contributed by atoms with Gasteiger partial charge in [-0.15, -0.1) is 0 Å². The lowest BCUT2D eigenvalue weighted by Crippen LogP contribution is -2.47. The lowest BCUT2D eigenvalue weighted by atomic mass is 9.97. The molecule has 2 heterocycles. The molecule has 94 valence electrons. The molecule has 1 aromatic rings. The number of aromatic nitrogens is 1. The molecular formula is C12H17ClN2O2. The topological polar surface area (TPSA) is 46.3 Å². The normalized spacial score (nSPS) is 25.1. The Morgan fingerprint density at radius 3 is 2.47 bits per heavy atom. The summed E-state index contributed by atoms with van der Waals surface area (Å²) in [6.07, 6.45) is 3.22. The Kier molecular flexibility index (Phi) is 3.43. The minimum Gasteiger partial charge on any atom is -0.349 e. The maximum absolute atomic E-state index is 12.4. The van der Waals surface area contributed by atoms with E-state index < -0.39 is 0 Å². The van der Waals surface area contributed by atoms with Crippen LogP contribution in [0.4, 0.5) is 0 Å². The molecule has 0 aromatic carbocycles. The van der Waals surface area contributed by atoms with Gasteiger partial charge in [0, 0.05) is 12.1 Å². The minimum absolute atomic E-state index is 0.143. The summed E-state index contributed by atoms with van der Waals surface area (Å²) in [7, 11) is 0. The zero-order valence-corrected chi connectivity index (χ0v) is 11.1. The molecule has 1 amide bonds. The fourth-order valence-corrected chi connectivity index (χ4v) is 2.58. The van der Waals surface area contributed by atoms with E-state index in [0.29, 0.717) is 10.7 Å². The number of carbonyl (C=O) groups excluding carboxylic acids is 1. The summed E-state index contributed by atoms with van der Waals surface area (Å²) in [5.41, 5.74) is 0.562. The number of hydrogen-bond donors (Lipinski definition) is 0. The van der Waals surface area contributed by atoms with E-state index in [4.69, 9.17) is 16.1 Å². The van der Waals surface area contributed by atoms with Crippen LogP contribution in [0.1, 0.15) is 49.4 Å². The van der Waals surface area contributed by atoms with E-state index in [2.05, 4.69) is 19.0 Å². The predicted octanol–water partition coefficient (Wildman–Crippen LogP) is 3.04. The first-order valence-corrected chi connectivity index (χ1v) is 6.34. The Morgan fingerprint density at radius 1 is 1.41 bits per heavy atom. The largest absolute Gasteiger partial charge is 0.349 e. The first-order chi connectivity index (χ1) is 8.02. The summed E-state index contributed by atoms with van der Waals surface area (Å²) < 4.78 is 5.03. The van der Waals surface area contributed by atoms with Crippen molar-refractivity contribution in [3.63, 3.8) is 0 Å². The van der Waals surface area contributed by atoms with Crippen molar-refractivity contribution < 1.29 is 9.32 Å². The van der Waals surface area contributed by atoms with Crippen molar-refractivity contribution in [1.29, 1.82) is 0 Å². The van der Waals surface area contributed by atoms with Crippen molar-refractivity contribution in [3.8, 4) is 0 Å². The van der Waals surface area contributed by atoms with E-state index in [1.807, 2.05) is 4.90 Å². The highest BCUT2D eigenvalue weighted by Gasteiger charge is 2.33. The van der Waals surface area contributed by atoms with Gasteiger partial charge in [-0.05, 0) is 40.0 Å². The van der Waals surface area contributed by atoms with Gasteiger partial charge in [0.25, 0.3) is 5.91 Å². The van der Waals surface area contributed by atoms with Gasteiger partial charge in [0.05, 0.1) is 5.69 Å². The van der Waals surface area contributed by atoms with Crippen molar-refractivity contribution in [2.45, 2.75) is 52.1 Å². The third-order valence-electron chi connectivity index (χ3n) is 3.41. The number of hydrogen-bond acceptors (Lipinski definition) is 3. The summed E-state index contributed by atoms with van der Waals surface area (Å²) in [5.74, 6) is 0.0278. The average Bonchev–Trinajstić information content (AvgIpc) is 2.59. The first-order valence-electron chi connectivity index (χ1n) is 5.96. The lowest BCUT2D eigenvalue weighted by Gasteiger charge is -2.38. The van der Waals surface area contributed by atoms with Crippen LogP contribution in [0.15, 0.2) is 4.52 Å². The molecule has 1 saturated heterocycles. The third kappa shape index (κ3) is 2.18. The zero-order valence-electron chi connectivity index (χ0n) is 10.4. The third-order valence-corrected chi connectivity index (χ3v) is 3.86. The van der Waals surface area contributed by atoms with Crippen LogP contribution in [0.5, 0.6) is 0 Å². The van der Waals surface area contributed by atoms with E-state index in [9.17, 15) is 4.79 Å². The zero-order chi connectivity index (χ0) is 12.6. The quantitative estimate of drug-likeness (QED) is 0.776. The van der Waals surface area contributed by atoms with Crippen LogP contribution in [-0.2, 0) is 0 Å². The van der Waals surface area contributed by atoms with Crippen molar-refractivity contribution in [3.05, 3.63) is 16.5 Å². The maximum atomic E-state index is 12.4. The molecule has 1 aliphatic rings. The average molecular weight is 257 g/mol. The van der Waals surface area contributed by atoms with Gasteiger partial charge in [-0.25, -0.2) is 0 Å². The summed E-state index contributed by atoms with van der Waals surface area (Å²) in [4.78, 5) is 14.2. The molecule has 17 heavy (non-hydrogen) atoms. The molecule has 2 atom stereocenters. The smallest absolute Gasteiger partial charge is 0.294 e. The monoisotopic (exact) mass is 256 g/mol. The second-order valence-corrected chi connectivity index (χ2v) is 5.13. The number of carbonyl (C=O) groups is 1. The van der Waals surface area contributed by atoms with E-state index in [-0.39, 0.29) is 23.8 Å². The second-order valence-electron chi connectivity index (χ2n) is 4.75. The predicted molar refractivity (Wildman–Crippen MR) is 65.2 cm³/mol. The van der Waals surface area contributed by atoms with Gasteiger partial charge in [-0.2, -0.15) is 0 Å². The minimum atomic E-state index is -0.143. The van der Waals surface area contributed by atoms with Gasteiger partial charge >= 0.3 is 0 Å². The summed E-state index contributed by atoms with van der Waals surface area (Å²) in [6.45, 7) is 5.85. The van der Waals surface area contributed by atoms with Crippen molar-refractivity contribution in [2.75, 3.05) is 0 Å². The van der Waals surface area contributed by atoms with Gasteiger partial charge < -0.3 is 9.42 Å². The van der Waals surface area contributed by atoms with E-state index in [0.717, 1.165) is 19.3 Å². The molecule has 0 bridgehead atoms. The SMILES string of the molecule is Cc1noc(C(=O)N2C(C)CCCC2C)c1Cl.